The minimum Gasteiger partial charge on any atom is -0.488 e. The molecule has 0 saturated carbocycles. The van der Waals surface area contributed by atoms with Crippen molar-refractivity contribution in [2.45, 2.75) is 50.1 Å². The molecular weight excluding hydrogens is 453 g/mol. The number of allylic oxidation sites excluding steroid dienone is 2. The number of nitrogens with one attached hydrogen (secondary N) is 3. The highest BCUT2D eigenvalue weighted by Crippen LogP contribution is 2.53. The Balaban J connectivity index is 1.67. The molecule has 0 radical (unpaired) electrons. The molecule has 2 aliphatic heterocycles. The first-order valence-corrected chi connectivity index (χ1v) is 11.6. The first-order valence-electron chi connectivity index (χ1n) is 11.6. The molecule has 0 spiro atoms. The fourth-order valence-corrected chi connectivity index (χ4v) is 5.65. The normalized spacial score (nSPS) is 29.6. The average Bonchev–Trinajstić information content (AvgIpc) is 3.49. The highest BCUT2D eigenvalue weighted by molar-refractivity contribution is 5.99. The van der Waals surface area contributed by atoms with Gasteiger partial charge >= 0.3 is 6.18 Å². The van der Waals surface area contributed by atoms with E-state index in [1.165, 1.54) is 24.3 Å². The lowest BCUT2D eigenvalue weighted by Crippen LogP contribution is -2.32. The molecule has 0 bridgehead atoms. The van der Waals surface area contributed by atoms with Gasteiger partial charge < -0.3 is 20.4 Å². The number of hydrogen-bond donors (Lipinski definition) is 3. The van der Waals surface area contributed by atoms with Crippen molar-refractivity contribution in [2.24, 2.45) is 5.92 Å². The molecule has 5 unspecified atom stereocenters. The van der Waals surface area contributed by atoms with Crippen molar-refractivity contribution < 1.29 is 26.7 Å². The van der Waals surface area contributed by atoms with E-state index in [0.717, 1.165) is 19.4 Å². The van der Waals surface area contributed by atoms with Gasteiger partial charge in [0.1, 0.15) is 18.6 Å². The van der Waals surface area contributed by atoms with Gasteiger partial charge in [-0.2, -0.15) is 13.2 Å². The highest BCUT2D eigenvalue weighted by Gasteiger charge is 2.46. The first-order chi connectivity index (χ1) is 16.2. The fraction of sp³-hybridized carbons (Fsp3) is 0.440. The SMILES string of the molecule is CC1C=c2[nH]c3c(OCC4CCCN4)c4c(c(C(F)(F)F)c3c2=CC1F)C1C=C(F)C=CC1N4. The minimum atomic E-state index is -4.74. The van der Waals surface area contributed by atoms with Crippen LogP contribution < -0.4 is 25.9 Å². The van der Waals surface area contributed by atoms with E-state index in [1.807, 2.05) is 0 Å². The zero-order chi connectivity index (χ0) is 23.8. The van der Waals surface area contributed by atoms with Gasteiger partial charge in [-0.3, -0.25) is 0 Å². The average molecular weight is 477 g/mol. The van der Waals surface area contributed by atoms with Crippen molar-refractivity contribution in [3.8, 4) is 5.75 Å². The Labute approximate surface area is 192 Å². The smallest absolute Gasteiger partial charge is 0.417 e. The summed E-state index contributed by atoms with van der Waals surface area (Å²) in [5.74, 6) is -1.65. The van der Waals surface area contributed by atoms with E-state index in [-0.39, 0.29) is 45.8 Å². The molecule has 9 heteroatoms. The van der Waals surface area contributed by atoms with E-state index >= 15 is 0 Å². The molecule has 34 heavy (non-hydrogen) atoms. The molecule has 2 aromatic rings. The summed E-state index contributed by atoms with van der Waals surface area (Å²) in [5.41, 5.74) is -0.524. The van der Waals surface area contributed by atoms with Gasteiger partial charge in [-0.1, -0.05) is 19.1 Å². The van der Waals surface area contributed by atoms with Crippen LogP contribution in [0.2, 0.25) is 0 Å². The predicted molar refractivity (Wildman–Crippen MR) is 121 cm³/mol. The van der Waals surface area contributed by atoms with Crippen molar-refractivity contribution in [3.05, 3.63) is 45.7 Å². The van der Waals surface area contributed by atoms with Gasteiger partial charge in [-0.15, -0.1) is 0 Å². The monoisotopic (exact) mass is 477 g/mol. The van der Waals surface area contributed by atoms with Gasteiger partial charge in [-0.25, -0.2) is 8.78 Å². The molecule has 2 aliphatic carbocycles. The Morgan fingerprint density at radius 3 is 2.74 bits per heavy atom. The fourth-order valence-electron chi connectivity index (χ4n) is 5.65. The number of fused-ring (bicyclic) bond motifs is 6. The van der Waals surface area contributed by atoms with E-state index in [9.17, 15) is 22.0 Å². The number of aromatic nitrogens is 1. The number of ether oxygens (including phenoxy) is 1. The molecule has 4 nitrogen and oxygen atoms in total. The van der Waals surface area contributed by atoms with E-state index in [1.54, 1.807) is 13.0 Å². The van der Waals surface area contributed by atoms with Gasteiger partial charge in [0, 0.05) is 39.4 Å². The maximum Gasteiger partial charge on any atom is 0.417 e. The highest BCUT2D eigenvalue weighted by atomic mass is 19.4. The Hall–Kier alpha value is -2.81. The van der Waals surface area contributed by atoms with Crippen LogP contribution in [0.1, 0.15) is 36.8 Å². The summed E-state index contributed by atoms with van der Waals surface area (Å²) >= 11 is 0. The van der Waals surface area contributed by atoms with Crippen molar-refractivity contribution >= 4 is 28.7 Å². The Bertz CT molecular complexity index is 1350. The molecule has 4 aliphatic rings. The number of aromatic amines is 1. The van der Waals surface area contributed by atoms with Crippen LogP contribution in [0.15, 0.2) is 24.1 Å². The molecule has 3 heterocycles. The first kappa shape index (κ1) is 21.7. The summed E-state index contributed by atoms with van der Waals surface area (Å²) in [4.78, 5) is 3.10. The number of hydrogen-bond acceptors (Lipinski definition) is 3. The van der Waals surface area contributed by atoms with Crippen LogP contribution in [0.4, 0.5) is 27.6 Å². The van der Waals surface area contributed by atoms with Crippen molar-refractivity contribution in [1.29, 1.82) is 0 Å². The van der Waals surface area contributed by atoms with Crippen LogP contribution in [-0.4, -0.2) is 36.4 Å². The van der Waals surface area contributed by atoms with Crippen LogP contribution in [0.3, 0.4) is 0 Å². The summed E-state index contributed by atoms with van der Waals surface area (Å²) in [6, 6.07) is -0.443. The third-order valence-electron chi connectivity index (χ3n) is 7.28. The van der Waals surface area contributed by atoms with Crippen LogP contribution in [0.5, 0.6) is 5.75 Å². The number of H-pyrrole nitrogens is 1. The van der Waals surface area contributed by atoms with Gasteiger partial charge in [0.05, 0.1) is 22.8 Å². The molecule has 0 amide bonds. The molecule has 3 N–H and O–H groups in total. The van der Waals surface area contributed by atoms with Gasteiger partial charge in [0.2, 0.25) is 0 Å². The number of benzene rings is 1. The third-order valence-corrected chi connectivity index (χ3v) is 7.28. The summed E-state index contributed by atoms with van der Waals surface area (Å²) in [5, 5.41) is 6.97. The van der Waals surface area contributed by atoms with Crippen molar-refractivity contribution in [3.63, 3.8) is 0 Å². The van der Waals surface area contributed by atoms with Crippen molar-refractivity contribution in [1.82, 2.24) is 10.3 Å². The standard InChI is InChI=1S/C25H24F5N3O/c1-11-7-18-15(9-16(11)27)20-21(25(28,29)30)19-14-8-12(26)4-5-17(14)32-22(19)24(23(20)33-18)34-10-13-3-2-6-31-13/h4-5,7-9,11,13-14,16-17,31-33H,2-3,6,10H2,1H3. The topological polar surface area (TPSA) is 49.1 Å². The second-order valence-electron chi connectivity index (χ2n) is 9.54. The van der Waals surface area contributed by atoms with Gasteiger partial charge in [-0.05, 0) is 37.6 Å². The van der Waals surface area contributed by atoms with E-state index in [0.29, 0.717) is 5.35 Å². The lowest BCUT2D eigenvalue weighted by atomic mass is 9.86. The number of anilines is 1. The summed E-state index contributed by atoms with van der Waals surface area (Å²) < 4.78 is 79.0. The molecule has 1 saturated heterocycles. The molecule has 180 valence electrons. The Kier molecular flexibility index (Phi) is 4.85. The Morgan fingerprint density at radius 2 is 2.00 bits per heavy atom. The number of alkyl halides is 4. The maximum atomic E-state index is 14.7. The third kappa shape index (κ3) is 3.27. The zero-order valence-corrected chi connectivity index (χ0v) is 18.4. The Morgan fingerprint density at radius 1 is 1.18 bits per heavy atom. The minimum absolute atomic E-state index is 0.0527. The van der Waals surface area contributed by atoms with Gasteiger partial charge in [0.25, 0.3) is 0 Å². The number of halogens is 5. The van der Waals surface area contributed by atoms with E-state index in [2.05, 4.69) is 15.6 Å². The van der Waals surface area contributed by atoms with Crippen LogP contribution in [-0.2, 0) is 6.18 Å². The second-order valence-corrected chi connectivity index (χ2v) is 9.54. The second kappa shape index (κ2) is 7.60. The summed E-state index contributed by atoms with van der Waals surface area (Å²) in [7, 11) is 0. The molecule has 5 atom stereocenters. The zero-order valence-electron chi connectivity index (χ0n) is 18.4. The summed E-state index contributed by atoms with van der Waals surface area (Å²) in [6.07, 6.45) is 2.62. The molecule has 6 rings (SSSR count). The molecule has 1 aromatic heterocycles. The van der Waals surface area contributed by atoms with E-state index < -0.39 is 41.6 Å². The van der Waals surface area contributed by atoms with Crippen LogP contribution in [0.25, 0.3) is 23.1 Å². The van der Waals surface area contributed by atoms with Crippen LogP contribution in [0, 0.1) is 5.92 Å². The molecular formula is C25H24F5N3O. The summed E-state index contributed by atoms with van der Waals surface area (Å²) in [6.45, 7) is 2.82. The maximum absolute atomic E-state index is 14.7. The quantitative estimate of drug-likeness (QED) is 0.582. The molecule has 1 fully saturated rings. The van der Waals surface area contributed by atoms with Crippen molar-refractivity contribution in [2.75, 3.05) is 18.5 Å². The number of rotatable bonds is 3. The van der Waals surface area contributed by atoms with Gasteiger partial charge in [0.15, 0.2) is 5.75 Å². The van der Waals surface area contributed by atoms with E-state index in [4.69, 9.17) is 4.74 Å². The molecule has 1 aromatic carbocycles. The lowest BCUT2D eigenvalue weighted by molar-refractivity contribution is -0.136. The van der Waals surface area contributed by atoms with Crippen LogP contribution >= 0.6 is 0 Å². The largest absolute Gasteiger partial charge is 0.488 e. The predicted octanol–water partition coefficient (Wildman–Crippen LogP) is 4.17. The lowest BCUT2D eigenvalue weighted by Gasteiger charge is -2.21.